The van der Waals surface area contributed by atoms with Crippen LogP contribution in [0.5, 0.6) is 0 Å². The molecule has 0 amide bonds. The molecular formula is C52H94N4O8. The molecule has 0 radical (unpaired) electrons. The fraction of sp³-hybridized carbons (Fsp3) is 0.923. The first-order valence-corrected chi connectivity index (χ1v) is 24.5. The van der Waals surface area contributed by atoms with Crippen molar-refractivity contribution in [2.24, 2.45) is 45.8 Å². The van der Waals surface area contributed by atoms with Gasteiger partial charge in [-0.15, -0.1) is 0 Å². The van der Waals surface area contributed by atoms with Crippen LogP contribution < -0.4 is 0 Å². The van der Waals surface area contributed by atoms with E-state index in [2.05, 4.69) is 131 Å². The zero-order chi connectivity index (χ0) is 49.8. The highest BCUT2D eigenvalue weighted by molar-refractivity contribution is 6.20. The molecule has 4 aliphatic rings. The predicted molar refractivity (Wildman–Crippen MR) is 255 cm³/mol. The van der Waals surface area contributed by atoms with Gasteiger partial charge < -0.3 is 20.4 Å². The first kappa shape index (κ1) is 54.3. The SMILES string of the molecule is CCCCC(C1CC(C)(C)N(C)C(C)(C)C1)C(C1CC(C)(C)N(C)C(C)(C)C1)(C1CC(C)(C)N(C)C(C)(C)C1)C(C(=O)O)(C1CC(C)(C)N(C)C(C)(C)C1)C(C(=O)O)(C(=O)O)C(=O)O. The minimum Gasteiger partial charge on any atom is -0.481 e. The number of hydrogen-bond donors (Lipinski definition) is 4. The van der Waals surface area contributed by atoms with Crippen LogP contribution >= 0.6 is 0 Å². The Morgan fingerprint density at radius 3 is 0.938 bits per heavy atom. The Kier molecular flexibility index (Phi) is 14.2. The molecule has 2 unspecified atom stereocenters. The van der Waals surface area contributed by atoms with Crippen LogP contribution in [0.15, 0.2) is 0 Å². The van der Waals surface area contributed by atoms with Gasteiger partial charge >= 0.3 is 23.9 Å². The van der Waals surface area contributed by atoms with E-state index in [4.69, 9.17) is 0 Å². The Bertz CT molecular complexity index is 1650. The van der Waals surface area contributed by atoms with Crippen molar-refractivity contribution in [1.29, 1.82) is 0 Å². The molecule has 0 saturated carbocycles. The molecule has 0 aromatic rings. The van der Waals surface area contributed by atoms with Gasteiger partial charge in [0.05, 0.1) is 0 Å². The molecule has 4 saturated heterocycles. The number of hydrogen-bond acceptors (Lipinski definition) is 8. The molecule has 0 aliphatic carbocycles. The second-order valence-electron chi connectivity index (χ2n) is 26.7. The van der Waals surface area contributed by atoms with Gasteiger partial charge in [-0.1, -0.05) is 19.8 Å². The Hall–Kier alpha value is -2.28. The van der Waals surface area contributed by atoms with Gasteiger partial charge in [0.15, 0.2) is 0 Å². The van der Waals surface area contributed by atoms with Crippen molar-refractivity contribution in [3.8, 4) is 0 Å². The van der Waals surface area contributed by atoms with Crippen molar-refractivity contribution in [2.75, 3.05) is 28.2 Å². The van der Waals surface area contributed by atoms with Gasteiger partial charge in [-0.05, 0) is 232 Å². The number of nitrogens with zero attached hydrogens (tertiary/aromatic N) is 4. The second-order valence-corrected chi connectivity index (χ2v) is 26.7. The first-order chi connectivity index (χ1) is 28.6. The molecular weight excluding hydrogens is 809 g/mol. The molecule has 0 aromatic carbocycles. The van der Waals surface area contributed by atoms with Crippen molar-refractivity contribution >= 4 is 23.9 Å². The minimum absolute atomic E-state index is 0.0975. The largest absolute Gasteiger partial charge is 0.481 e. The molecule has 4 heterocycles. The molecule has 4 fully saturated rings. The Labute approximate surface area is 388 Å². The van der Waals surface area contributed by atoms with Gasteiger partial charge in [0, 0.05) is 44.3 Å². The molecule has 4 rings (SSSR count). The van der Waals surface area contributed by atoms with Gasteiger partial charge in [-0.25, -0.2) is 0 Å². The lowest BCUT2D eigenvalue weighted by Gasteiger charge is -2.73. The van der Waals surface area contributed by atoms with Crippen molar-refractivity contribution in [3.05, 3.63) is 0 Å². The molecule has 12 nitrogen and oxygen atoms in total. The van der Waals surface area contributed by atoms with Gasteiger partial charge in [0.2, 0.25) is 0 Å². The molecule has 64 heavy (non-hydrogen) atoms. The summed E-state index contributed by atoms with van der Waals surface area (Å²) in [5.41, 5.74) is -12.9. The zero-order valence-electron chi connectivity index (χ0n) is 44.4. The number of carbonyl (C=O) groups is 4. The summed E-state index contributed by atoms with van der Waals surface area (Å²) in [5.74, 6) is -11.1. The maximum Gasteiger partial charge on any atom is 0.334 e. The monoisotopic (exact) mass is 903 g/mol. The molecule has 2 atom stereocenters. The zero-order valence-corrected chi connectivity index (χ0v) is 44.4. The van der Waals surface area contributed by atoms with E-state index < -0.39 is 97.0 Å². The topological polar surface area (TPSA) is 162 Å². The lowest BCUT2D eigenvalue weighted by molar-refractivity contribution is -0.277. The number of rotatable bonds is 14. The summed E-state index contributed by atoms with van der Waals surface area (Å²) in [6.07, 6.45) is 5.23. The smallest absolute Gasteiger partial charge is 0.334 e. The third-order valence-electron chi connectivity index (χ3n) is 19.9. The number of aliphatic carboxylic acids is 4. The third kappa shape index (κ3) is 8.07. The van der Waals surface area contributed by atoms with Crippen LogP contribution in [0.4, 0.5) is 0 Å². The highest BCUT2D eigenvalue weighted by Gasteiger charge is 2.86. The maximum absolute atomic E-state index is 16.2. The highest BCUT2D eigenvalue weighted by atomic mass is 16.4. The Morgan fingerprint density at radius 2 is 0.703 bits per heavy atom. The molecule has 370 valence electrons. The number of carboxylic acids is 4. The first-order valence-electron chi connectivity index (χ1n) is 24.5. The summed E-state index contributed by atoms with van der Waals surface area (Å²) in [7, 11) is 8.32. The summed E-state index contributed by atoms with van der Waals surface area (Å²) in [6, 6.07) is 0. The van der Waals surface area contributed by atoms with Crippen LogP contribution in [-0.4, -0.2) is 136 Å². The summed E-state index contributed by atoms with van der Waals surface area (Å²) in [6.45, 7) is 36.4. The third-order valence-corrected chi connectivity index (χ3v) is 19.9. The maximum atomic E-state index is 16.2. The average molecular weight is 903 g/mol. The molecule has 0 bridgehead atoms. The average Bonchev–Trinajstić information content (AvgIpc) is 3.09. The van der Waals surface area contributed by atoms with Crippen LogP contribution in [0.25, 0.3) is 0 Å². The van der Waals surface area contributed by atoms with Crippen molar-refractivity contribution in [3.63, 3.8) is 0 Å². The Balaban J connectivity index is 2.59. The normalized spacial score (nSPS) is 28.5. The van der Waals surface area contributed by atoms with Gasteiger partial charge in [-0.2, -0.15) is 0 Å². The molecule has 0 spiro atoms. The van der Waals surface area contributed by atoms with E-state index in [0.29, 0.717) is 51.4 Å². The van der Waals surface area contributed by atoms with Crippen LogP contribution in [-0.2, 0) is 19.2 Å². The molecule has 12 heteroatoms. The standard InChI is InChI=1S/C52H94N4O8/c1-22-23-24-37(33-25-42(2,3)53(18)43(4,5)26-33)50(34-27-44(6,7)54(19)45(8,9)28-34,35-29-46(10,11)55(20)47(12,13)30-35)52(41(63)64,51(38(57)58,39(59)60)40(61)62)36-31-48(14,15)56(21)49(16,17)32-36/h33-37H,22-32H2,1-21H3,(H,57,58)(H,59,60)(H,61,62)(H,63,64). The van der Waals surface area contributed by atoms with Gasteiger partial charge in [0.1, 0.15) is 5.41 Å². The summed E-state index contributed by atoms with van der Waals surface area (Å²) in [4.78, 5) is 70.2. The number of likely N-dealkylation sites (tertiary alicyclic amines) is 4. The van der Waals surface area contributed by atoms with Crippen LogP contribution in [0, 0.1) is 45.8 Å². The molecule has 4 N–H and O–H groups in total. The summed E-state index contributed by atoms with van der Waals surface area (Å²) >= 11 is 0. The van der Waals surface area contributed by atoms with Crippen LogP contribution in [0.1, 0.15) is 188 Å². The molecule has 0 aromatic heterocycles. The van der Waals surface area contributed by atoms with E-state index in [1.807, 2.05) is 34.7 Å². The van der Waals surface area contributed by atoms with E-state index in [-0.39, 0.29) is 29.8 Å². The number of piperidine rings is 4. The van der Waals surface area contributed by atoms with Gasteiger partial charge in [0.25, 0.3) is 5.41 Å². The van der Waals surface area contributed by atoms with Crippen LogP contribution in [0.3, 0.4) is 0 Å². The predicted octanol–water partition coefficient (Wildman–Crippen LogP) is 9.69. The fourth-order valence-corrected chi connectivity index (χ4v) is 16.3. The van der Waals surface area contributed by atoms with E-state index in [0.717, 1.165) is 6.42 Å². The fourth-order valence-electron chi connectivity index (χ4n) is 16.3. The van der Waals surface area contributed by atoms with Gasteiger partial charge in [-0.3, -0.25) is 38.8 Å². The number of unbranched alkanes of at least 4 members (excludes halogenated alkanes) is 1. The summed E-state index contributed by atoms with van der Waals surface area (Å²) in [5, 5.41) is 49.3. The number of carboxylic acid groups (broad SMARTS) is 4. The highest BCUT2D eigenvalue weighted by Crippen LogP contribution is 2.76. The quantitative estimate of drug-likeness (QED) is 0.122. The van der Waals surface area contributed by atoms with Crippen molar-refractivity contribution < 1.29 is 39.6 Å². The van der Waals surface area contributed by atoms with Crippen LogP contribution in [0.2, 0.25) is 0 Å². The Morgan fingerprint density at radius 1 is 0.453 bits per heavy atom. The molecule has 4 aliphatic heterocycles. The van der Waals surface area contributed by atoms with E-state index in [1.165, 1.54) is 0 Å². The van der Waals surface area contributed by atoms with Crippen molar-refractivity contribution in [2.45, 2.75) is 233 Å². The van der Waals surface area contributed by atoms with E-state index in [9.17, 15) is 34.8 Å². The lowest BCUT2D eigenvalue weighted by atomic mass is 9.31. The summed E-state index contributed by atoms with van der Waals surface area (Å²) < 4.78 is 0. The minimum atomic E-state index is -3.78. The second kappa shape index (κ2) is 16.7. The lowest BCUT2D eigenvalue weighted by Crippen LogP contribution is -2.80. The van der Waals surface area contributed by atoms with E-state index >= 15 is 4.79 Å². The van der Waals surface area contributed by atoms with Crippen molar-refractivity contribution in [1.82, 2.24) is 19.6 Å². The van der Waals surface area contributed by atoms with E-state index in [1.54, 1.807) is 0 Å².